The first-order valence-corrected chi connectivity index (χ1v) is 2.24. The molecular weight excluding hydrogens is 120 g/mol. The predicted octanol–water partition coefficient (Wildman–Crippen LogP) is 0.457. The molecule has 1 heterocycles. The maximum atomic E-state index is 9.75. The van der Waals surface area contributed by atoms with Crippen LogP contribution in [0.15, 0.2) is 17.6 Å². The fourth-order valence-corrected chi connectivity index (χ4v) is 0.378. The highest BCUT2D eigenvalue weighted by Crippen LogP contribution is 2.05. The molecule has 0 radical (unpaired) electrons. The van der Waals surface area contributed by atoms with Gasteiger partial charge in [0.15, 0.2) is 0 Å². The minimum Gasteiger partial charge on any atom is -0.368 e. The average molecular weight is 124 g/mol. The third-order valence-electron chi connectivity index (χ3n) is 0.764. The molecule has 1 aromatic heterocycles. The Labute approximate surface area is 50.9 Å². The van der Waals surface area contributed by atoms with E-state index in [0.29, 0.717) is 0 Å². The van der Waals surface area contributed by atoms with Gasteiger partial charge < -0.3 is 5.73 Å². The zero-order valence-corrected chi connectivity index (χ0v) is 4.48. The molecule has 0 saturated heterocycles. The van der Waals surface area contributed by atoms with Gasteiger partial charge >= 0.3 is 0 Å². The maximum Gasteiger partial charge on any atom is 0.220 e. The van der Waals surface area contributed by atoms with Gasteiger partial charge in [-0.25, -0.2) is 9.97 Å². The van der Waals surface area contributed by atoms with Gasteiger partial charge in [-0.15, -0.1) is 4.91 Å². The first-order chi connectivity index (χ1) is 4.33. The van der Waals surface area contributed by atoms with Crippen LogP contribution in [0.5, 0.6) is 0 Å². The van der Waals surface area contributed by atoms with Crippen molar-refractivity contribution in [2.24, 2.45) is 5.18 Å². The molecular formula is C4H4N4O. The average Bonchev–Trinajstić information content (AvgIpc) is 1.90. The van der Waals surface area contributed by atoms with E-state index in [0.717, 1.165) is 0 Å². The smallest absolute Gasteiger partial charge is 0.220 e. The van der Waals surface area contributed by atoms with Gasteiger partial charge in [0, 0.05) is 0 Å². The van der Waals surface area contributed by atoms with Crippen LogP contribution in [0.2, 0.25) is 0 Å². The molecule has 0 saturated carbocycles. The Morgan fingerprint density at radius 2 is 2.00 bits per heavy atom. The third kappa shape index (κ3) is 1.18. The second-order valence-electron chi connectivity index (χ2n) is 1.39. The number of nitrogens with zero attached hydrogens (tertiary/aromatic N) is 3. The van der Waals surface area contributed by atoms with Crippen molar-refractivity contribution >= 4 is 11.6 Å². The number of nitrogens with two attached hydrogens (primary N) is 1. The van der Waals surface area contributed by atoms with Gasteiger partial charge in [-0.2, -0.15) is 0 Å². The largest absolute Gasteiger partial charge is 0.368 e. The summed E-state index contributed by atoms with van der Waals surface area (Å²) in [4.78, 5) is 16.8. The lowest BCUT2D eigenvalue weighted by atomic mass is 10.6. The van der Waals surface area contributed by atoms with Crippen molar-refractivity contribution in [2.75, 3.05) is 5.73 Å². The van der Waals surface area contributed by atoms with E-state index in [9.17, 15) is 4.91 Å². The highest BCUT2D eigenvalue weighted by molar-refractivity contribution is 5.32. The summed E-state index contributed by atoms with van der Waals surface area (Å²) < 4.78 is 0. The molecule has 5 heteroatoms. The zero-order chi connectivity index (χ0) is 6.69. The van der Waals surface area contributed by atoms with E-state index in [-0.39, 0.29) is 11.6 Å². The molecule has 0 amide bonds. The van der Waals surface area contributed by atoms with Crippen molar-refractivity contribution in [1.82, 2.24) is 9.97 Å². The van der Waals surface area contributed by atoms with Crippen LogP contribution < -0.4 is 5.73 Å². The maximum absolute atomic E-state index is 9.75. The molecule has 0 atom stereocenters. The van der Waals surface area contributed by atoms with Crippen LogP contribution >= 0.6 is 0 Å². The van der Waals surface area contributed by atoms with Crippen molar-refractivity contribution in [3.8, 4) is 0 Å². The summed E-state index contributed by atoms with van der Waals surface area (Å²) >= 11 is 0. The predicted molar refractivity (Wildman–Crippen MR) is 31.9 cm³/mol. The zero-order valence-electron chi connectivity index (χ0n) is 4.48. The summed E-state index contributed by atoms with van der Waals surface area (Å²) in [5.41, 5.74) is 5.30. The summed E-state index contributed by atoms with van der Waals surface area (Å²) in [6.45, 7) is 0. The molecule has 9 heavy (non-hydrogen) atoms. The van der Waals surface area contributed by atoms with E-state index >= 15 is 0 Å². The Morgan fingerprint density at radius 1 is 1.44 bits per heavy atom. The van der Waals surface area contributed by atoms with E-state index < -0.39 is 0 Å². The Balaban J connectivity index is 3.01. The number of rotatable bonds is 1. The lowest BCUT2D eigenvalue weighted by Crippen LogP contribution is -1.91. The van der Waals surface area contributed by atoms with Crippen LogP contribution in [-0.4, -0.2) is 9.97 Å². The molecule has 0 spiro atoms. The second-order valence-corrected chi connectivity index (χ2v) is 1.39. The molecule has 2 N–H and O–H groups in total. The number of nitrogen functional groups attached to an aromatic ring is 1. The van der Waals surface area contributed by atoms with Crippen LogP contribution in [0.1, 0.15) is 0 Å². The molecule has 1 rings (SSSR count). The van der Waals surface area contributed by atoms with Gasteiger partial charge in [-0.1, -0.05) is 0 Å². The molecule has 0 aliphatic rings. The van der Waals surface area contributed by atoms with E-state index in [2.05, 4.69) is 15.1 Å². The molecule has 0 aliphatic heterocycles. The van der Waals surface area contributed by atoms with Crippen molar-refractivity contribution in [1.29, 1.82) is 0 Å². The van der Waals surface area contributed by atoms with E-state index in [1.165, 1.54) is 12.4 Å². The van der Waals surface area contributed by atoms with Gasteiger partial charge in [0.1, 0.15) is 5.69 Å². The number of hydrogen-bond acceptors (Lipinski definition) is 5. The normalized spacial score (nSPS) is 8.89. The lowest BCUT2D eigenvalue weighted by Gasteiger charge is -1.86. The number of aromatic nitrogens is 2. The molecule has 0 aliphatic carbocycles. The van der Waals surface area contributed by atoms with Gasteiger partial charge in [-0.3, -0.25) is 0 Å². The topological polar surface area (TPSA) is 81.2 Å². The summed E-state index contributed by atoms with van der Waals surface area (Å²) in [5, 5.41) is 2.58. The molecule has 0 unspecified atom stereocenters. The summed E-state index contributed by atoms with van der Waals surface area (Å²) in [6, 6.07) is 0. The summed E-state index contributed by atoms with van der Waals surface area (Å²) in [7, 11) is 0. The van der Waals surface area contributed by atoms with Crippen molar-refractivity contribution in [2.45, 2.75) is 0 Å². The monoisotopic (exact) mass is 124 g/mol. The van der Waals surface area contributed by atoms with Gasteiger partial charge in [0.25, 0.3) is 0 Å². The van der Waals surface area contributed by atoms with Crippen molar-refractivity contribution < 1.29 is 0 Å². The SMILES string of the molecule is Nc1ncc(N=O)cn1. The Hall–Kier alpha value is -1.52. The molecule has 46 valence electrons. The quantitative estimate of drug-likeness (QED) is 0.551. The van der Waals surface area contributed by atoms with Gasteiger partial charge in [-0.05, 0) is 5.18 Å². The van der Waals surface area contributed by atoms with Crippen LogP contribution in [-0.2, 0) is 0 Å². The van der Waals surface area contributed by atoms with Gasteiger partial charge in [0.2, 0.25) is 5.95 Å². The molecule has 0 aromatic carbocycles. The fourth-order valence-electron chi connectivity index (χ4n) is 0.378. The van der Waals surface area contributed by atoms with E-state index in [1.807, 2.05) is 0 Å². The Morgan fingerprint density at radius 3 is 2.44 bits per heavy atom. The standard InChI is InChI=1S/C4H4N4O/c5-4-6-1-3(8-9)2-7-4/h1-2H,(H2,5,6,7). The minimum atomic E-state index is 0.141. The fraction of sp³-hybridized carbons (Fsp3) is 0. The number of nitroso groups, excluding NO2 is 1. The Kier molecular flexibility index (Phi) is 1.35. The molecule has 0 bridgehead atoms. The van der Waals surface area contributed by atoms with Crippen LogP contribution in [0.3, 0.4) is 0 Å². The summed E-state index contributed by atoms with van der Waals surface area (Å²) in [5.74, 6) is 0.141. The molecule has 5 nitrogen and oxygen atoms in total. The van der Waals surface area contributed by atoms with Crippen molar-refractivity contribution in [3.63, 3.8) is 0 Å². The first-order valence-electron chi connectivity index (χ1n) is 2.24. The van der Waals surface area contributed by atoms with Crippen molar-refractivity contribution in [3.05, 3.63) is 17.3 Å². The summed E-state index contributed by atoms with van der Waals surface area (Å²) in [6.07, 6.45) is 2.52. The van der Waals surface area contributed by atoms with E-state index in [4.69, 9.17) is 5.73 Å². The van der Waals surface area contributed by atoms with E-state index in [1.54, 1.807) is 0 Å². The highest BCUT2D eigenvalue weighted by atomic mass is 16.3. The first kappa shape index (κ1) is 5.61. The minimum absolute atomic E-state index is 0.141. The number of anilines is 1. The second kappa shape index (κ2) is 2.17. The number of hydrogen-bond donors (Lipinski definition) is 1. The Bertz CT molecular complexity index is 206. The van der Waals surface area contributed by atoms with Gasteiger partial charge in [0.05, 0.1) is 12.4 Å². The third-order valence-corrected chi connectivity index (χ3v) is 0.764. The molecule has 0 fully saturated rings. The van der Waals surface area contributed by atoms with Crippen LogP contribution in [0.4, 0.5) is 11.6 Å². The lowest BCUT2D eigenvalue weighted by molar-refractivity contribution is 1.17. The highest BCUT2D eigenvalue weighted by Gasteiger charge is 1.89. The van der Waals surface area contributed by atoms with Crippen LogP contribution in [0.25, 0.3) is 0 Å². The van der Waals surface area contributed by atoms with Crippen LogP contribution in [0, 0.1) is 4.91 Å². The molecule has 1 aromatic rings.